The van der Waals surface area contributed by atoms with Gasteiger partial charge in [-0.05, 0) is 44.9 Å². The van der Waals surface area contributed by atoms with Crippen LogP contribution < -0.4 is 5.73 Å². The minimum atomic E-state index is -4.39. The SMILES string of the molecule is CCCCCCC/C=C\C/C=C\CCCCCCCCCCCCCCCCCCCCCCCCCCCCCC(=O)OC(COC(=O)CCCCCCCCCCCCCCCCCCCCCCCCCCCCCC)COP(=O)(O)OCCN. The highest BCUT2D eigenvalue weighted by atomic mass is 31.2. The summed E-state index contributed by atoms with van der Waals surface area (Å²) in [6.07, 6.45) is 93.2. The molecule has 0 spiro atoms. The molecule has 0 bridgehead atoms. The lowest BCUT2D eigenvalue weighted by Crippen LogP contribution is -2.29. The number of ether oxygens (including phenoxy) is 2. The summed E-state index contributed by atoms with van der Waals surface area (Å²) in [5, 5.41) is 0. The number of esters is 2. The van der Waals surface area contributed by atoms with Crippen molar-refractivity contribution in [2.45, 2.75) is 437 Å². The van der Waals surface area contributed by atoms with Crippen LogP contribution in [0.2, 0.25) is 0 Å². The predicted molar refractivity (Wildman–Crippen MR) is 381 cm³/mol. The van der Waals surface area contributed by atoms with Gasteiger partial charge in [0.1, 0.15) is 6.61 Å². The Morgan fingerprint density at radius 2 is 0.591 bits per heavy atom. The second-order valence-corrected chi connectivity index (χ2v) is 28.4. The maximum atomic E-state index is 12.8. The first-order valence-electron chi connectivity index (χ1n) is 39.3. The van der Waals surface area contributed by atoms with Crippen LogP contribution in [0.15, 0.2) is 24.3 Å². The highest BCUT2D eigenvalue weighted by Gasteiger charge is 2.26. The molecule has 0 aliphatic rings. The summed E-state index contributed by atoms with van der Waals surface area (Å²) < 4.78 is 33.3. The van der Waals surface area contributed by atoms with Crippen molar-refractivity contribution >= 4 is 19.8 Å². The number of nitrogens with two attached hydrogens (primary N) is 1. The van der Waals surface area contributed by atoms with E-state index in [1.807, 2.05) is 0 Å². The molecule has 0 radical (unpaired) electrons. The van der Waals surface area contributed by atoms with Crippen molar-refractivity contribution in [3.63, 3.8) is 0 Å². The van der Waals surface area contributed by atoms with Gasteiger partial charge in [0.15, 0.2) is 6.10 Å². The summed E-state index contributed by atoms with van der Waals surface area (Å²) in [5.74, 6) is -0.798. The van der Waals surface area contributed by atoms with Gasteiger partial charge in [0.05, 0.1) is 13.2 Å². The molecule has 3 N–H and O–H groups in total. The Hall–Kier alpha value is -1.51. The van der Waals surface area contributed by atoms with Crippen LogP contribution >= 0.6 is 7.82 Å². The largest absolute Gasteiger partial charge is 0.472 e. The van der Waals surface area contributed by atoms with Gasteiger partial charge >= 0.3 is 19.8 Å². The van der Waals surface area contributed by atoms with Gasteiger partial charge in [-0.2, -0.15) is 0 Å². The van der Waals surface area contributed by atoms with Crippen molar-refractivity contribution in [2.75, 3.05) is 26.4 Å². The van der Waals surface area contributed by atoms with Gasteiger partial charge in [-0.15, -0.1) is 0 Å². The quantitative estimate of drug-likeness (QED) is 0.0264. The third kappa shape index (κ3) is 73.5. The first-order chi connectivity index (χ1) is 43.3. The molecule has 0 fully saturated rings. The fraction of sp³-hybridized carbons (Fsp3) is 0.923. The number of phosphoric acid groups is 1. The summed E-state index contributed by atoms with van der Waals surface area (Å²) in [6, 6.07) is 0. The van der Waals surface area contributed by atoms with E-state index in [1.165, 1.54) is 360 Å². The highest BCUT2D eigenvalue weighted by molar-refractivity contribution is 7.47. The molecule has 522 valence electrons. The number of allylic oxidation sites excluding steroid dienone is 4. The van der Waals surface area contributed by atoms with Crippen LogP contribution in [0, 0.1) is 0 Å². The fourth-order valence-corrected chi connectivity index (χ4v) is 13.0. The van der Waals surface area contributed by atoms with E-state index in [-0.39, 0.29) is 38.6 Å². The van der Waals surface area contributed by atoms with Gasteiger partial charge in [0, 0.05) is 19.4 Å². The van der Waals surface area contributed by atoms with Gasteiger partial charge < -0.3 is 20.1 Å². The van der Waals surface area contributed by atoms with Crippen molar-refractivity contribution in [3.05, 3.63) is 24.3 Å². The first kappa shape index (κ1) is 86.5. The lowest BCUT2D eigenvalue weighted by Gasteiger charge is -2.19. The molecule has 0 aromatic carbocycles. The zero-order valence-electron chi connectivity index (χ0n) is 59.0. The summed E-state index contributed by atoms with van der Waals surface area (Å²) in [6.45, 7) is 3.83. The topological polar surface area (TPSA) is 134 Å². The smallest absolute Gasteiger partial charge is 0.462 e. The second kappa shape index (κ2) is 74.5. The van der Waals surface area contributed by atoms with E-state index in [9.17, 15) is 19.0 Å². The molecule has 88 heavy (non-hydrogen) atoms. The zero-order valence-corrected chi connectivity index (χ0v) is 59.9. The average molecular weight is 1260 g/mol. The van der Waals surface area contributed by atoms with Gasteiger partial charge in [-0.1, -0.05) is 398 Å². The molecule has 0 saturated heterocycles. The Morgan fingerprint density at radius 3 is 0.864 bits per heavy atom. The van der Waals surface area contributed by atoms with E-state index in [0.717, 1.165) is 38.5 Å². The molecule has 10 heteroatoms. The number of rotatable bonds is 76. The third-order valence-corrected chi connectivity index (χ3v) is 19.1. The summed E-state index contributed by atoms with van der Waals surface area (Å²) in [7, 11) is -4.39. The fourth-order valence-electron chi connectivity index (χ4n) is 12.3. The molecular weight excluding hydrogens is 1110 g/mol. The van der Waals surface area contributed by atoms with E-state index in [2.05, 4.69) is 38.2 Å². The number of carbonyl (C=O) groups is 2. The predicted octanol–water partition coefficient (Wildman–Crippen LogP) is 26.0. The molecule has 0 aliphatic carbocycles. The van der Waals surface area contributed by atoms with Gasteiger partial charge in [0.2, 0.25) is 0 Å². The highest BCUT2D eigenvalue weighted by Crippen LogP contribution is 2.43. The van der Waals surface area contributed by atoms with Crippen molar-refractivity contribution in [1.29, 1.82) is 0 Å². The van der Waals surface area contributed by atoms with Crippen LogP contribution in [0.25, 0.3) is 0 Å². The molecule has 0 heterocycles. The van der Waals surface area contributed by atoms with Crippen molar-refractivity contribution < 1.29 is 37.6 Å². The van der Waals surface area contributed by atoms with Crippen LogP contribution in [0.1, 0.15) is 431 Å². The Labute approximate surface area is 548 Å². The minimum Gasteiger partial charge on any atom is -0.462 e. The van der Waals surface area contributed by atoms with Crippen LogP contribution in [0.5, 0.6) is 0 Å². The molecule has 9 nitrogen and oxygen atoms in total. The summed E-state index contributed by atoms with van der Waals surface area (Å²) in [5.41, 5.74) is 5.41. The van der Waals surface area contributed by atoms with E-state index in [1.54, 1.807) is 0 Å². The van der Waals surface area contributed by atoms with Crippen molar-refractivity contribution in [1.82, 2.24) is 0 Å². The van der Waals surface area contributed by atoms with Gasteiger partial charge in [-0.3, -0.25) is 18.6 Å². The number of hydrogen-bond donors (Lipinski definition) is 2. The third-order valence-electron chi connectivity index (χ3n) is 18.1. The van der Waals surface area contributed by atoms with E-state index in [0.29, 0.717) is 6.42 Å². The Kier molecular flexibility index (Phi) is 73.3. The summed E-state index contributed by atoms with van der Waals surface area (Å²) in [4.78, 5) is 35.4. The molecule has 0 amide bonds. The molecule has 0 rings (SSSR count). The second-order valence-electron chi connectivity index (χ2n) is 26.9. The summed E-state index contributed by atoms with van der Waals surface area (Å²) >= 11 is 0. The minimum absolute atomic E-state index is 0.0578. The van der Waals surface area contributed by atoms with Crippen molar-refractivity contribution in [2.24, 2.45) is 5.73 Å². The first-order valence-corrected chi connectivity index (χ1v) is 40.8. The lowest BCUT2D eigenvalue weighted by molar-refractivity contribution is -0.161. The van der Waals surface area contributed by atoms with E-state index >= 15 is 0 Å². The normalized spacial score (nSPS) is 12.9. The van der Waals surface area contributed by atoms with Crippen LogP contribution in [-0.4, -0.2) is 49.3 Å². The Bertz CT molecular complexity index is 1490. The molecule has 0 aromatic rings. The zero-order chi connectivity index (χ0) is 63.7. The van der Waals surface area contributed by atoms with Gasteiger partial charge in [-0.25, -0.2) is 4.57 Å². The Morgan fingerprint density at radius 1 is 0.341 bits per heavy atom. The molecule has 0 saturated carbocycles. The maximum absolute atomic E-state index is 12.8. The van der Waals surface area contributed by atoms with E-state index < -0.39 is 26.5 Å². The van der Waals surface area contributed by atoms with Gasteiger partial charge in [0.25, 0.3) is 0 Å². The molecule has 0 aromatic heterocycles. The standard InChI is InChI=1S/C78H152NO8P/c1-3-5-7-9-11-13-15-17-19-21-23-25-27-29-31-33-34-35-36-37-38-39-40-41-42-43-45-47-49-51-53-55-57-59-61-63-65-67-69-71-78(81)87-76(75-86-88(82,83)85-73-72-79)74-84-77(80)70-68-66-64-62-60-58-56-54-52-50-48-46-44-32-30-28-26-24-22-20-18-16-14-12-10-8-6-4-2/h15,17,21,23,76H,3-14,16,18-20,22,24-75,79H2,1-2H3,(H,82,83)/b17-15-,23-21-. The Balaban J connectivity index is 3.73. The monoisotopic (exact) mass is 1260 g/mol. The molecule has 0 aliphatic heterocycles. The molecular formula is C78H152NO8P. The van der Waals surface area contributed by atoms with Crippen LogP contribution in [0.4, 0.5) is 0 Å². The van der Waals surface area contributed by atoms with E-state index in [4.69, 9.17) is 24.3 Å². The van der Waals surface area contributed by atoms with Crippen molar-refractivity contribution in [3.8, 4) is 0 Å². The number of unbranched alkanes of at least 4 members (excludes halogenated alkanes) is 59. The number of phosphoric ester groups is 1. The lowest BCUT2D eigenvalue weighted by atomic mass is 10.0. The van der Waals surface area contributed by atoms with Crippen LogP contribution in [-0.2, 0) is 32.7 Å². The maximum Gasteiger partial charge on any atom is 0.472 e. The van der Waals surface area contributed by atoms with Crippen LogP contribution in [0.3, 0.4) is 0 Å². The number of carbonyl (C=O) groups excluding carboxylic acids is 2. The average Bonchev–Trinajstić information content (AvgIpc) is 3.71. The molecule has 2 atom stereocenters. The molecule has 2 unspecified atom stereocenters. The number of hydrogen-bond acceptors (Lipinski definition) is 8.